The van der Waals surface area contributed by atoms with Gasteiger partial charge in [0.05, 0.1) is 19.1 Å². The number of nitrogens with zero attached hydrogens (tertiary/aromatic N) is 3. The molecular formula is C21H23N5O4. The van der Waals surface area contributed by atoms with Crippen LogP contribution in [0.15, 0.2) is 53.7 Å². The molecule has 0 aliphatic carbocycles. The number of nitrogens with one attached hydrogen (secondary N) is 2. The average Bonchev–Trinajstić information content (AvgIpc) is 3.10. The van der Waals surface area contributed by atoms with Crippen LogP contribution in [0.25, 0.3) is 0 Å². The molecule has 2 aromatic rings. The van der Waals surface area contributed by atoms with Gasteiger partial charge in [-0.1, -0.05) is 0 Å². The predicted molar refractivity (Wildman–Crippen MR) is 113 cm³/mol. The third kappa shape index (κ3) is 3.78. The Morgan fingerprint density at radius 2 is 1.77 bits per heavy atom. The van der Waals surface area contributed by atoms with E-state index in [9.17, 15) is 14.5 Å². The van der Waals surface area contributed by atoms with E-state index in [0.717, 1.165) is 5.69 Å². The highest BCUT2D eigenvalue weighted by Crippen LogP contribution is 2.37. The minimum Gasteiger partial charge on any atom is -0.497 e. The van der Waals surface area contributed by atoms with E-state index in [0.29, 0.717) is 43.1 Å². The number of methoxy groups -OCH3 is 1. The molecule has 0 aromatic heterocycles. The molecule has 2 aliphatic heterocycles. The summed E-state index contributed by atoms with van der Waals surface area (Å²) in [4.78, 5) is 37.9. The Labute approximate surface area is 173 Å². The molecule has 0 atom stereocenters. The van der Waals surface area contributed by atoms with Crippen LogP contribution in [0.4, 0.5) is 21.9 Å². The smallest absolute Gasteiger partial charge is 0.341 e. The molecule has 3 amide bonds. The van der Waals surface area contributed by atoms with Gasteiger partial charge < -0.3 is 15.0 Å². The zero-order chi connectivity index (χ0) is 21.1. The van der Waals surface area contributed by atoms with Gasteiger partial charge in [-0.15, -0.1) is 4.91 Å². The minimum absolute atomic E-state index is 0.158. The lowest BCUT2D eigenvalue weighted by atomic mass is 9.84. The summed E-state index contributed by atoms with van der Waals surface area (Å²) < 4.78 is 5.13. The fraction of sp³-hybridized carbons (Fsp3) is 0.333. The van der Waals surface area contributed by atoms with E-state index in [1.54, 1.807) is 43.5 Å². The van der Waals surface area contributed by atoms with E-state index < -0.39 is 5.54 Å². The molecule has 9 nitrogen and oxygen atoms in total. The summed E-state index contributed by atoms with van der Waals surface area (Å²) in [6.45, 7) is 1.38. The second-order valence-electron chi connectivity index (χ2n) is 7.52. The largest absolute Gasteiger partial charge is 0.497 e. The van der Waals surface area contributed by atoms with Crippen LogP contribution in [0.2, 0.25) is 0 Å². The van der Waals surface area contributed by atoms with Gasteiger partial charge in [0.2, 0.25) is 5.91 Å². The number of urea groups is 1. The number of carbonyl (C=O) groups is 2. The molecule has 2 heterocycles. The maximum Gasteiger partial charge on any atom is 0.341 e. The third-order valence-electron chi connectivity index (χ3n) is 5.76. The van der Waals surface area contributed by atoms with Crippen LogP contribution in [0.1, 0.15) is 19.3 Å². The first kappa shape index (κ1) is 19.7. The maximum atomic E-state index is 12.9. The van der Waals surface area contributed by atoms with Crippen molar-refractivity contribution in [3.63, 3.8) is 0 Å². The summed E-state index contributed by atoms with van der Waals surface area (Å²) in [5, 5.41) is 7.22. The van der Waals surface area contributed by atoms with Gasteiger partial charge in [-0.2, -0.15) is 0 Å². The summed E-state index contributed by atoms with van der Waals surface area (Å²) in [5.41, 5.74) is 4.16. The number of anilines is 2. The van der Waals surface area contributed by atoms with Crippen molar-refractivity contribution in [3.8, 4) is 5.75 Å². The highest BCUT2D eigenvalue weighted by Gasteiger charge is 2.49. The predicted octanol–water partition coefficient (Wildman–Crippen LogP) is 3.40. The summed E-state index contributed by atoms with van der Waals surface area (Å²) >= 11 is 0. The molecular weight excluding hydrogens is 386 g/mol. The normalized spacial score (nSPS) is 17.6. The molecule has 2 saturated heterocycles. The molecule has 9 heteroatoms. The Bertz CT molecular complexity index is 937. The number of rotatable bonds is 4. The number of nitroso groups, excluding NO2 is 1. The molecule has 2 fully saturated rings. The van der Waals surface area contributed by atoms with Crippen molar-refractivity contribution in [3.05, 3.63) is 53.4 Å². The molecule has 0 radical (unpaired) electrons. The Morgan fingerprint density at radius 1 is 1.10 bits per heavy atom. The quantitative estimate of drug-likeness (QED) is 0.754. The van der Waals surface area contributed by atoms with Gasteiger partial charge >= 0.3 is 6.03 Å². The van der Waals surface area contributed by atoms with Crippen molar-refractivity contribution < 1.29 is 14.3 Å². The van der Waals surface area contributed by atoms with Crippen molar-refractivity contribution in [1.29, 1.82) is 0 Å². The first-order valence-electron chi connectivity index (χ1n) is 9.76. The zero-order valence-electron chi connectivity index (χ0n) is 16.6. The Balaban J connectivity index is 1.44. The first-order valence-corrected chi connectivity index (χ1v) is 9.76. The number of hydrogen-bond donors (Lipinski definition) is 2. The monoisotopic (exact) mass is 409 g/mol. The van der Waals surface area contributed by atoms with Crippen LogP contribution in [-0.2, 0) is 4.79 Å². The lowest BCUT2D eigenvalue weighted by Crippen LogP contribution is -2.58. The molecule has 1 spiro atoms. The van der Waals surface area contributed by atoms with E-state index in [4.69, 9.17) is 4.74 Å². The third-order valence-corrected chi connectivity index (χ3v) is 5.76. The molecule has 2 aliphatic rings. The van der Waals surface area contributed by atoms with Gasteiger partial charge in [-0.05, 0) is 66.5 Å². The molecule has 2 N–H and O–H groups in total. The highest BCUT2D eigenvalue weighted by atomic mass is 16.5. The van der Waals surface area contributed by atoms with Crippen LogP contribution < -0.4 is 20.4 Å². The highest BCUT2D eigenvalue weighted by molar-refractivity contribution is 5.94. The average molecular weight is 409 g/mol. The maximum absolute atomic E-state index is 12.9. The van der Waals surface area contributed by atoms with E-state index >= 15 is 0 Å². The SMILES string of the molecule is COc1ccc(NC(=O)N2NC(=O)CC23CCN(c2ccc(N=O)cc2)CC3)cc1. The Morgan fingerprint density at radius 3 is 2.37 bits per heavy atom. The standard InChI is InChI=1S/C21H23N5O4/c1-30-18-8-4-15(5-9-18)22-20(28)26-21(14-19(27)23-26)10-12-25(13-11-21)17-6-2-16(24-29)3-7-17/h2-9H,10-14H2,1H3,(H,22,28)(H,23,27). The second-order valence-corrected chi connectivity index (χ2v) is 7.52. The summed E-state index contributed by atoms with van der Waals surface area (Å²) in [7, 11) is 1.58. The number of ether oxygens (including phenoxy) is 1. The second kappa shape index (κ2) is 8.02. The van der Waals surface area contributed by atoms with Crippen LogP contribution in [0.3, 0.4) is 0 Å². The molecule has 0 bridgehead atoms. The fourth-order valence-corrected chi connectivity index (χ4v) is 4.09. The number of amides is 3. The number of benzene rings is 2. The van der Waals surface area contributed by atoms with Gasteiger partial charge in [-0.25, -0.2) is 9.80 Å². The molecule has 156 valence electrons. The molecule has 4 rings (SSSR count). The molecule has 2 aromatic carbocycles. The van der Waals surface area contributed by atoms with Gasteiger partial charge in [0.1, 0.15) is 11.4 Å². The van der Waals surface area contributed by atoms with E-state index in [1.165, 1.54) is 5.01 Å². The minimum atomic E-state index is -0.561. The lowest BCUT2D eigenvalue weighted by Gasteiger charge is -2.43. The summed E-state index contributed by atoms with van der Waals surface area (Å²) in [6, 6.07) is 13.8. The van der Waals surface area contributed by atoms with Crippen molar-refractivity contribution in [1.82, 2.24) is 10.4 Å². The van der Waals surface area contributed by atoms with Crippen molar-refractivity contribution >= 4 is 29.0 Å². The number of hydrazine groups is 1. The Hall–Kier alpha value is -3.62. The number of hydrogen-bond acceptors (Lipinski definition) is 6. The van der Waals surface area contributed by atoms with Gasteiger partial charge in [0, 0.05) is 24.5 Å². The van der Waals surface area contributed by atoms with Crippen molar-refractivity contribution in [2.45, 2.75) is 24.8 Å². The topological polar surface area (TPSA) is 103 Å². The van der Waals surface area contributed by atoms with Crippen molar-refractivity contribution in [2.75, 3.05) is 30.4 Å². The lowest BCUT2D eigenvalue weighted by molar-refractivity contribution is -0.120. The number of piperidine rings is 1. The van der Waals surface area contributed by atoms with Gasteiger partial charge in [-0.3, -0.25) is 10.2 Å². The molecule has 0 saturated carbocycles. The van der Waals surface area contributed by atoms with Crippen LogP contribution in [-0.4, -0.2) is 42.7 Å². The van der Waals surface area contributed by atoms with E-state index in [1.807, 2.05) is 12.1 Å². The van der Waals surface area contributed by atoms with Crippen LogP contribution >= 0.6 is 0 Å². The van der Waals surface area contributed by atoms with Crippen molar-refractivity contribution in [2.24, 2.45) is 5.18 Å². The van der Waals surface area contributed by atoms with Gasteiger partial charge in [0.25, 0.3) is 0 Å². The molecule has 0 unspecified atom stereocenters. The van der Waals surface area contributed by atoms with Crippen LogP contribution in [0, 0.1) is 4.91 Å². The summed E-state index contributed by atoms with van der Waals surface area (Å²) in [5.74, 6) is 0.540. The van der Waals surface area contributed by atoms with Crippen LogP contribution in [0.5, 0.6) is 5.75 Å². The Kier molecular flexibility index (Phi) is 5.26. The molecule has 30 heavy (non-hydrogen) atoms. The summed E-state index contributed by atoms with van der Waals surface area (Å²) in [6.07, 6.45) is 1.58. The fourth-order valence-electron chi connectivity index (χ4n) is 4.09. The number of carbonyl (C=O) groups excluding carboxylic acids is 2. The van der Waals surface area contributed by atoms with E-state index in [-0.39, 0.29) is 18.4 Å². The first-order chi connectivity index (χ1) is 14.5. The van der Waals surface area contributed by atoms with E-state index in [2.05, 4.69) is 20.8 Å². The van der Waals surface area contributed by atoms with Gasteiger partial charge in [0.15, 0.2) is 0 Å². The zero-order valence-corrected chi connectivity index (χ0v) is 16.6.